The van der Waals surface area contributed by atoms with Crippen molar-refractivity contribution in [1.82, 2.24) is 5.32 Å². The first-order chi connectivity index (χ1) is 6.75. The van der Waals surface area contributed by atoms with Crippen LogP contribution in [0.5, 0.6) is 0 Å². The number of aryl methyl sites for hydroxylation is 2. The lowest BCUT2D eigenvalue weighted by Gasteiger charge is -2.12. The molecule has 0 radical (unpaired) electrons. The van der Waals surface area contributed by atoms with Gasteiger partial charge in [0.05, 0.1) is 0 Å². The molecule has 76 valence electrons. The first kappa shape index (κ1) is 9.72. The summed E-state index contributed by atoms with van der Waals surface area (Å²) in [5.41, 5.74) is 4.32. The molecule has 1 aliphatic heterocycles. The van der Waals surface area contributed by atoms with Gasteiger partial charge in [0.1, 0.15) is 0 Å². The molecular formula is C13H19N. The zero-order chi connectivity index (χ0) is 9.97. The minimum atomic E-state index is 0.719. The summed E-state index contributed by atoms with van der Waals surface area (Å²) in [5, 5.41) is 3.55. The fraction of sp³-hybridized carbons (Fsp3) is 0.538. The summed E-state index contributed by atoms with van der Waals surface area (Å²) in [6.45, 7) is 5.58. The van der Waals surface area contributed by atoms with Crippen LogP contribution < -0.4 is 5.32 Å². The fourth-order valence-electron chi connectivity index (χ4n) is 2.27. The smallest absolute Gasteiger partial charge is 0.0108 e. The van der Waals surface area contributed by atoms with E-state index in [0.717, 1.165) is 6.04 Å². The summed E-state index contributed by atoms with van der Waals surface area (Å²) in [7, 11) is 0. The highest BCUT2D eigenvalue weighted by Gasteiger charge is 2.14. The molecule has 2 rings (SSSR count). The Morgan fingerprint density at radius 1 is 1.36 bits per heavy atom. The van der Waals surface area contributed by atoms with Crippen molar-refractivity contribution in [2.45, 2.75) is 39.2 Å². The Kier molecular flexibility index (Phi) is 2.87. The van der Waals surface area contributed by atoms with Gasteiger partial charge >= 0.3 is 0 Å². The van der Waals surface area contributed by atoms with E-state index in [9.17, 15) is 0 Å². The third kappa shape index (κ3) is 2.16. The van der Waals surface area contributed by atoms with Crippen LogP contribution in [0.4, 0.5) is 0 Å². The molecule has 1 aliphatic rings. The van der Waals surface area contributed by atoms with Crippen molar-refractivity contribution in [3.05, 3.63) is 34.9 Å². The van der Waals surface area contributed by atoms with E-state index in [2.05, 4.69) is 37.4 Å². The number of nitrogens with one attached hydrogen (secondary N) is 1. The first-order valence-electron chi connectivity index (χ1n) is 5.55. The van der Waals surface area contributed by atoms with E-state index in [1.807, 2.05) is 0 Å². The first-order valence-corrected chi connectivity index (χ1v) is 5.55. The molecule has 0 aliphatic carbocycles. The summed E-state index contributed by atoms with van der Waals surface area (Å²) in [4.78, 5) is 0. The van der Waals surface area contributed by atoms with Crippen molar-refractivity contribution in [1.29, 1.82) is 0 Å². The van der Waals surface area contributed by atoms with Crippen molar-refractivity contribution < 1.29 is 0 Å². The Morgan fingerprint density at radius 3 is 2.86 bits per heavy atom. The lowest BCUT2D eigenvalue weighted by Crippen LogP contribution is -2.23. The Bertz CT molecular complexity index is 311. The van der Waals surface area contributed by atoms with Crippen molar-refractivity contribution in [2.24, 2.45) is 0 Å². The lowest BCUT2D eigenvalue weighted by molar-refractivity contribution is 0.601. The molecule has 0 spiro atoms. The van der Waals surface area contributed by atoms with Crippen LogP contribution in [0.3, 0.4) is 0 Å². The van der Waals surface area contributed by atoms with Crippen LogP contribution in [0.15, 0.2) is 18.2 Å². The molecular weight excluding hydrogens is 170 g/mol. The largest absolute Gasteiger partial charge is 0.314 e. The average molecular weight is 189 g/mol. The predicted octanol–water partition coefficient (Wildman–Crippen LogP) is 2.60. The van der Waals surface area contributed by atoms with Crippen molar-refractivity contribution in [3.63, 3.8) is 0 Å². The average Bonchev–Trinajstić information content (AvgIpc) is 2.62. The second kappa shape index (κ2) is 4.14. The number of hydrogen-bond donors (Lipinski definition) is 1. The van der Waals surface area contributed by atoms with E-state index < -0.39 is 0 Å². The Hall–Kier alpha value is -0.820. The van der Waals surface area contributed by atoms with Crippen LogP contribution in [0.2, 0.25) is 0 Å². The minimum Gasteiger partial charge on any atom is -0.314 e. The van der Waals surface area contributed by atoms with Gasteiger partial charge < -0.3 is 5.32 Å². The van der Waals surface area contributed by atoms with E-state index in [1.165, 1.54) is 42.5 Å². The molecule has 0 amide bonds. The van der Waals surface area contributed by atoms with Crippen molar-refractivity contribution in [2.75, 3.05) is 6.54 Å². The summed E-state index contributed by atoms with van der Waals surface area (Å²) in [6.07, 6.45) is 3.88. The van der Waals surface area contributed by atoms with Gasteiger partial charge in [-0.2, -0.15) is 0 Å². The molecule has 1 nitrogen and oxygen atoms in total. The van der Waals surface area contributed by atoms with Gasteiger partial charge in [0, 0.05) is 6.04 Å². The summed E-state index contributed by atoms with van der Waals surface area (Å²) in [6, 6.07) is 7.50. The van der Waals surface area contributed by atoms with Crippen LogP contribution in [-0.4, -0.2) is 12.6 Å². The van der Waals surface area contributed by atoms with Crippen LogP contribution >= 0.6 is 0 Å². The molecule has 1 N–H and O–H groups in total. The zero-order valence-electron chi connectivity index (χ0n) is 9.14. The van der Waals surface area contributed by atoms with Gasteiger partial charge in [-0.25, -0.2) is 0 Å². The van der Waals surface area contributed by atoms with Crippen LogP contribution in [-0.2, 0) is 6.42 Å². The molecule has 1 atom stereocenters. The van der Waals surface area contributed by atoms with Crippen molar-refractivity contribution in [3.8, 4) is 0 Å². The molecule has 0 saturated carbocycles. The monoisotopic (exact) mass is 189 g/mol. The fourth-order valence-corrected chi connectivity index (χ4v) is 2.27. The maximum absolute atomic E-state index is 3.55. The lowest BCUT2D eigenvalue weighted by atomic mass is 9.99. The maximum Gasteiger partial charge on any atom is 0.0108 e. The highest BCUT2D eigenvalue weighted by atomic mass is 14.9. The van der Waals surface area contributed by atoms with Crippen LogP contribution in [0, 0.1) is 13.8 Å². The van der Waals surface area contributed by atoms with Gasteiger partial charge in [0.2, 0.25) is 0 Å². The summed E-state index contributed by atoms with van der Waals surface area (Å²) in [5.74, 6) is 0. The highest BCUT2D eigenvalue weighted by Crippen LogP contribution is 2.16. The Balaban J connectivity index is 2.08. The Morgan fingerprint density at radius 2 is 2.21 bits per heavy atom. The van der Waals surface area contributed by atoms with Gasteiger partial charge in [-0.15, -0.1) is 0 Å². The Labute approximate surface area is 86.5 Å². The maximum atomic E-state index is 3.55. The number of benzene rings is 1. The third-order valence-electron chi connectivity index (χ3n) is 3.13. The number of rotatable bonds is 2. The second-order valence-electron chi connectivity index (χ2n) is 4.43. The zero-order valence-corrected chi connectivity index (χ0v) is 9.14. The molecule has 1 heteroatoms. The molecule has 1 aromatic carbocycles. The van der Waals surface area contributed by atoms with E-state index in [1.54, 1.807) is 0 Å². The topological polar surface area (TPSA) is 12.0 Å². The molecule has 1 fully saturated rings. The van der Waals surface area contributed by atoms with Gasteiger partial charge in [0.15, 0.2) is 0 Å². The van der Waals surface area contributed by atoms with Gasteiger partial charge in [-0.05, 0) is 50.8 Å². The predicted molar refractivity (Wildman–Crippen MR) is 60.6 cm³/mol. The van der Waals surface area contributed by atoms with Gasteiger partial charge in [-0.3, -0.25) is 0 Å². The molecule has 1 aromatic rings. The quantitative estimate of drug-likeness (QED) is 0.754. The van der Waals surface area contributed by atoms with Crippen LogP contribution in [0.1, 0.15) is 29.5 Å². The molecule has 1 saturated heterocycles. The summed E-state index contributed by atoms with van der Waals surface area (Å²) < 4.78 is 0. The standard InChI is InChI=1S/C13H19N/c1-10-5-6-12(11(2)8-10)9-13-4-3-7-14-13/h5-6,8,13-14H,3-4,7,9H2,1-2H3/t13-/m1/s1. The minimum absolute atomic E-state index is 0.719. The molecule has 0 unspecified atom stereocenters. The van der Waals surface area contributed by atoms with Crippen molar-refractivity contribution >= 4 is 0 Å². The third-order valence-corrected chi connectivity index (χ3v) is 3.13. The van der Waals surface area contributed by atoms with Crippen LogP contribution in [0.25, 0.3) is 0 Å². The van der Waals surface area contributed by atoms with E-state index in [0.29, 0.717) is 0 Å². The molecule has 14 heavy (non-hydrogen) atoms. The normalized spacial score (nSPS) is 21.4. The van der Waals surface area contributed by atoms with Gasteiger partial charge in [-0.1, -0.05) is 23.8 Å². The van der Waals surface area contributed by atoms with E-state index in [-0.39, 0.29) is 0 Å². The molecule has 1 heterocycles. The molecule has 0 bridgehead atoms. The number of hydrogen-bond acceptors (Lipinski definition) is 1. The second-order valence-corrected chi connectivity index (χ2v) is 4.43. The highest BCUT2D eigenvalue weighted by molar-refractivity contribution is 5.31. The molecule has 0 aromatic heterocycles. The van der Waals surface area contributed by atoms with E-state index in [4.69, 9.17) is 0 Å². The van der Waals surface area contributed by atoms with E-state index >= 15 is 0 Å². The SMILES string of the molecule is Cc1ccc(C[C@H]2CCCN2)c(C)c1. The van der Waals surface area contributed by atoms with Gasteiger partial charge in [0.25, 0.3) is 0 Å². The summed E-state index contributed by atoms with van der Waals surface area (Å²) >= 11 is 0.